The van der Waals surface area contributed by atoms with E-state index in [0.29, 0.717) is 17.9 Å². The molecule has 2 aromatic carbocycles. The Bertz CT molecular complexity index is 1170. The monoisotopic (exact) mass is 392 g/mol. The lowest BCUT2D eigenvalue weighted by Gasteiger charge is -2.06. The van der Waals surface area contributed by atoms with Gasteiger partial charge < -0.3 is 9.84 Å². The van der Waals surface area contributed by atoms with E-state index in [2.05, 4.69) is 25.8 Å². The van der Waals surface area contributed by atoms with E-state index in [0.717, 1.165) is 16.7 Å². The second-order valence-corrected chi connectivity index (χ2v) is 6.62. The Morgan fingerprint density at radius 3 is 2.72 bits per heavy atom. The van der Waals surface area contributed by atoms with Gasteiger partial charge in [0.2, 0.25) is 5.82 Å². The quantitative estimate of drug-likeness (QED) is 0.559. The molecule has 0 unspecified atom stereocenters. The van der Waals surface area contributed by atoms with E-state index >= 15 is 0 Å². The minimum absolute atomic E-state index is 0.154. The van der Waals surface area contributed by atoms with Gasteiger partial charge in [-0.1, -0.05) is 40.2 Å². The molecular weight excluding hydrogens is 375 g/mol. The van der Waals surface area contributed by atoms with E-state index in [1.54, 1.807) is 23.0 Å². The van der Waals surface area contributed by atoms with Crippen LogP contribution in [0.15, 0.2) is 53.2 Å². The number of anilines is 1. The fourth-order valence-electron chi connectivity index (χ4n) is 2.80. The zero-order valence-electron chi connectivity index (χ0n) is 15.8. The van der Waals surface area contributed by atoms with Crippen molar-refractivity contribution in [3.63, 3.8) is 0 Å². The van der Waals surface area contributed by atoms with Crippen molar-refractivity contribution >= 4 is 11.6 Å². The Kier molecular flexibility index (Phi) is 4.86. The van der Waals surface area contributed by atoms with Gasteiger partial charge in [0.05, 0.1) is 12.7 Å². The smallest absolute Gasteiger partial charge is 0.316 e. The molecule has 0 saturated heterocycles. The first kappa shape index (κ1) is 18.5. The molecule has 0 spiro atoms. The largest absolute Gasteiger partial charge is 0.328 e. The zero-order valence-corrected chi connectivity index (χ0v) is 15.8. The van der Waals surface area contributed by atoms with Crippen LogP contribution in [0.2, 0.25) is 0 Å². The Labute approximate surface area is 165 Å². The Morgan fingerprint density at radius 2 is 1.97 bits per heavy atom. The summed E-state index contributed by atoms with van der Waals surface area (Å²) >= 11 is 0. The molecule has 0 aliphatic heterocycles. The van der Waals surface area contributed by atoms with Crippen molar-refractivity contribution in [2.75, 3.05) is 5.32 Å². The van der Waals surface area contributed by atoms with Crippen LogP contribution in [0.4, 0.5) is 10.1 Å². The third-order valence-electron chi connectivity index (χ3n) is 4.28. The summed E-state index contributed by atoms with van der Waals surface area (Å²) in [5.74, 6) is -0.824. The highest BCUT2D eigenvalue weighted by Crippen LogP contribution is 2.18. The van der Waals surface area contributed by atoms with Gasteiger partial charge in [0.1, 0.15) is 5.82 Å². The average Bonchev–Trinajstić information content (AvgIpc) is 3.35. The van der Waals surface area contributed by atoms with Gasteiger partial charge in [-0.05, 0) is 43.2 Å². The SMILES string of the molecule is Cc1ccc(NC(=O)c2nc(-c3cn(Cc4ccc(F)cc4)nn3)no2)c(C)c1. The van der Waals surface area contributed by atoms with Crippen LogP contribution < -0.4 is 5.32 Å². The van der Waals surface area contributed by atoms with Crippen molar-refractivity contribution in [3.8, 4) is 11.5 Å². The molecule has 2 aromatic heterocycles. The molecule has 2 heterocycles. The number of nitrogens with one attached hydrogen (secondary N) is 1. The molecule has 0 atom stereocenters. The molecule has 4 aromatic rings. The maximum Gasteiger partial charge on any atom is 0.316 e. The summed E-state index contributed by atoms with van der Waals surface area (Å²) in [5.41, 5.74) is 3.93. The molecular formula is C20H17FN6O2. The summed E-state index contributed by atoms with van der Waals surface area (Å²) in [6.07, 6.45) is 1.63. The van der Waals surface area contributed by atoms with Crippen LogP contribution in [0, 0.1) is 19.7 Å². The lowest BCUT2D eigenvalue weighted by atomic mass is 10.1. The van der Waals surface area contributed by atoms with Gasteiger partial charge in [-0.2, -0.15) is 4.98 Å². The summed E-state index contributed by atoms with van der Waals surface area (Å²) in [4.78, 5) is 16.5. The van der Waals surface area contributed by atoms with E-state index in [9.17, 15) is 9.18 Å². The molecule has 1 N–H and O–H groups in total. The van der Waals surface area contributed by atoms with Crippen LogP contribution in [0.5, 0.6) is 0 Å². The van der Waals surface area contributed by atoms with Crippen molar-refractivity contribution in [2.24, 2.45) is 0 Å². The number of carbonyl (C=O) groups excluding carboxylic acids is 1. The predicted molar refractivity (Wildman–Crippen MR) is 103 cm³/mol. The maximum atomic E-state index is 13.0. The Morgan fingerprint density at radius 1 is 1.17 bits per heavy atom. The molecule has 0 aliphatic rings. The van der Waals surface area contributed by atoms with Gasteiger partial charge in [-0.25, -0.2) is 9.07 Å². The second kappa shape index (κ2) is 7.63. The Hall–Kier alpha value is -3.88. The first-order valence-electron chi connectivity index (χ1n) is 8.85. The molecule has 0 saturated carbocycles. The first-order valence-corrected chi connectivity index (χ1v) is 8.85. The van der Waals surface area contributed by atoms with Gasteiger partial charge >= 0.3 is 11.8 Å². The predicted octanol–water partition coefficient (Wildman–Crippen LogP) is 3.38. The third kappa shape index (κ3) is 4.18. The second-order valence-electron chi connectivity index (χ2n) is 6.62. The van der Waals surface area contributed by atoms with Crippen LogP contribution in [0.1, 0.15) is 27.4 Å². The Balaban J connectivity index is 1.46. The van der Waals surface area contributed by atoms with Crippen LogP contribution in [-0.4, -0.2) is 31.0 Å². The topological polar surface area (TPSA) is 98.7 Å². The van der Waals surface area contributed by atoms with Gasteiger partial charge in [0.15, 0.2) is 5.69 Å². The fraction of sp³-hybridized carbons (Fsp3) is 0.150. The molecule has 8 nitrogen and oxygen atoms in total. The standard InChI is InChI=1S/C20H17FN6O2/c1-12-3-8-16(13(2)9-12)22-19(28)20-23-18(25-29-20)17-11-27(26-24-17)10-14-4-6-15(21)7-5-14/h3-9,11H,10H2,1-2H3,(H,22,28). The van der Waals surface area contributed by atoms with Crippen molar-refractivity contribution in [1.82, 2.24) is 25.1 Å². The van der Waals surface area contributed by atoms with Crippen molar-refractivity contribution in [3.05, 3.63) is 77.1 Å². The van der Waals surface area contributed by atoms with Gasteiger partial charge in [-0.15, -0.1) is 5.10 Å². The van der Waals surface area contributed by atoms with Gasteiger partial charge in [-0.3, -0.25) is 4.79 Å². The normalized spacial score (nSPS) is 10.9. The lowest BCUT2D eigenvalue weighted by Crippen LogP contribution is -2.13. The summed E-state index contributed by atoms with van der Waals surface area (Å²) in [7, 11) is 0. The van der Waals surface area contributed by atoms with E-state index in [-0.39, 0.29) is 17.5 Å². The highest BCUT2D eigenvalue weighted by Gasteiger charge is 2.19. The number of hydrogen-bond acceptors (Lipinski definition) is 6. The highest BCUT2D eigenvalue weighted by molar-refractivity contribution is 6.01. The van der Waals surface area contributed by atoms with E-state index in [1.807, 2.05) is 32.0 Å². The number of aromatic nitrogens is 5. The number of benzene rings is 2. The van der Waals surface area contributed by atoms with E-state index < -0.39 is 5.91 Å². The van der Waals surface area contributed by atoms with Crippen LogP contribution in [0.25, 0.3) is 11.5 Å². The molecule has 9 heteroatoms. The minimum Gasteiger partial charge on any atom is -0.328 e. The summed E-state index contributed by atoms with van der Waals surface area (Å²) in [6, 6.07) is 11.8. The van der Waals surface area contributed by atoms with Gasteiger partial charge in [0, 0.05) is 5.69 Å². The number of hydrogen-bond donors (Lipinski definition) is 1. The number of halogens is 1. The number of amides is 1. The van der Waals surface area contributed by atoms with Crippen LogP contribution in [0.3, 0.4) is 0 Å². The zero-order chi connectivity index (χ0) is 20.4. The van der Waals surface area contributed by atoms with Crippen molar-refractivity contribution in [2.45, 2.75) is 20.4 Å². The van der Waals surface area contributed by atoms with E-state index in [1.165, 1.54) is 12.1 Å². The van der Waals surface area contributed by atoms with Crippen molar-refractivity contribution < 1.29 is 13.7 Å². The molecule has 0 fully saturated rings. The number of aryl methyl sites for hydroxylation is 2. The molecule has 4 rings (SSSR count). The van der Waals surface area contributed by atoms with Crippen LogP contribution >= 0.6 is 0 Å². The maximum absolute atomic E-state index is 13.0. The molecule has 0 bridgehead atoms. The number of nitrogens with zero attached hydrogens (tertiary/aromatic N) is 5. The molecule has 0 radical (unpaired) electrons. The molecule has 146 valence electrons. The van der Waals surface area contributed by atoms with Gasteiger partial charge in [0.25, 0.3) is 0 Å². The highest BCUT2D eigenvalue weighted by atomic mass is 19.1. The first-order chi connectivity index (χ1) is 14.0. The summed E-state index contributed by atoms with van der Waals surface area (Å²) < 4.78 is 19.6. The van der Waals surface area contributed by atoms with Crippen LogP contribution in [-0.2, 0) is 6.54 Å². The van der Waals surface area contributed by atoms with E-state index in [4.69, 9.17) is 4.52 Å². The molecule has 29 heavy (non-hydrogen) atoms. The third-order valence-corrected chi connectivity index (χ3v) is 4.28. The number of carbonyl (C=O) groups is 1. The fourth-order valence-corrected chi connectivity index (χ4v) is 2.80. The number of rotatable bonds is 5. The average molecular weight is 392 g/mol. The minimum atomic E-state index is -0.505. The summed E-state index contributed by atoms with van der Waals surface area (Å²) in [5, 5.41) is 14.6. The van der Waals surface area contributed by atoms with Crippen molar-refractivity contribution in [1.29, 1.82) is 0 Å². The molecule has 1 amide bonds. The lowest BCUT2D eigenvalue weighted by molar-refractivity contribution is 0.0981. The molecule has 0 aliphatic carbocycles. The summed E-state index contributed by atoms with van der Waals surface area (Å²) in [6.45, 7) is 4.29.